The van der Waals surface area contributed by atoms with E-state index in [2.05, 4.69) is 31.1 Å². The van der Waals surface area contributed by atoms with Crippen LogP contribution in [0.4, 0.5) is 5.69 Å². The molecule has 1 aromatic carbocycles. The van der Waals surface area contributed by atoms with Gasteiger partial charge in [0.15, 0.2) is 0 Å². The highest BCUT2D eigenvalue weighted by Crippen LogP contribution is 2.21. The summed E-state index contributed by atoms with van der Waals surface area (Å²) in [5.41, 5.74) is 8.20. The van der Waals surface area contributed by atoms with Gasteiger partial charge in [0.1, 0.15) is 5.52 Å². The highest BCUT2D eigenvalue weighted by Gasteiger charge is 2.17. The minimum Gasteiger partial charge on any atom is -0.399 e. The van der Waals surface area contributed by atoms with Gasteiger partial charge in [-0.3, -0.25) is 0 Å². The Kier molecular flexibility index (Phi) is 1.74. The maximum absolute atomic E-state index is 5.67. The van der Waals surface area contributed by atoms with E-state index < -0.39 is 0 Å². The Bertz CT molecular complexity index is 464. The zero-order valence-corrected chi connectivity index (χ0v) is 8.65. The molecule has 0 aliphatic carbocycles. The van der Waals surface area contributed by atoms with E-state index in [1.165, 1.54) is 0 Å². The van der Waals surface area contributed by atoms with Gasteiger partial charge in [0.2, 0.25) is 0 Å². The number of fused-ring (bicyclic) bond motifs is 1. The lowest BCUT2D eigenvalue weighted by molar-refractivity contribution is 0.358. The lowest BCUT2D eigenvalue weighted by Gasteiger charge is -2.19. The van der Waals surface area contributed by atoms with Crippen LogP contribution in [0.2, 0.25) is 0 Å². The van der Waals surface area contributed by atoms with Crippen LogP contribution in [0.3, 0.4) is 0 Å². The average molecular weight is 190 g/mol. The summed E-state index contributed by atoms with van der Waals surface area (Å²) in [6.07, 6.45) is 0. The minimum atomic E-state index is -0.0507. The van der Waals surface area contributed by atoms with Crippen LogP contribution < -0.4 is 5.73 Å². The van der Waals surface area contributed by atoms with Crippen molar-refractivity contribution in [3.05, 3.63) is 18.2 Å². The van der Waals surface area contributed by atoms with Gasteiger partial charge in [-0.1, -0.05) is 5.21 Å². The molecule has 0 spiro atoms. The fourth-order valence-electron chi connectivity index (χ4n) is 1.44. The smallest absolute Gasteiger partial charge is 0.115 e. The van der Waals surface area contributed by atoms with Crippen LogP contribution in [0, 0.1) is 0 Å². The highest BCUT2D eigenvalue weighted by molar-refractivity contribution is 5.78. The third-order valence-corrected chi connectivity index (χ3v) is 2.10. The summed E-state index contributed by atoms with van der Waals surface area (Å²) < 4.78 is 1.90. The largest absolute Gasteiger partial charge is 0.399 e. The molecule has 2 N–H and O–H groups in total. The normalized spacial score (nSPS) is 12.2. The fraction of sp³-hybridized carbons (Fsp3) is 0.400. The predicted molar refractivity (Wildman–Crippen MR) is 56.9 cm³/mol. The molecule has 0 radical (unpaired) electrons. The van der Waals surface area contributed by atoms with E-state index in [0.29, 0.717) is 0 Å². The van der Waals surface area contributed by atoms with Crippen LogP contribution >= 0.6 is 0 Å². The molecule has 0 amide bonds. The summed E-state index contributed by atoms with van der Waals surface area (Å²) in [6.45, 7) is 6.28. The summed E-state index contributed by atoms with van der Waals surface area (Å²) in [6, 6.07) is 5.66. The third-order valence-electron chi connectivity index (χ3n) is 2.10. The molecule has 4 nitrogen and oxygen atoms in total. The summed E-state index contributed by atoms with van der Waals surface area (Å²) in [7, 11) is 0. The van der Waals surface area contributed by atoms with Crippen molar-refractivity contribution < 1.29 is 0 Å². The predicted octanol–water partition coefficient (Wildman–Crippen LogP) is 1.77. The van der Waals surface area contributed by atoms with Gasteiger partial charge in [-0.25, -0.2) is 4.68 Å². The van der Waals surface area contributed by atoms with Crippen molar-refractivity contribution in [1.29, 1.82) is 0 Å². The van der Waals surface area contributed by atoms with E-state index in [1.807, 2.05) is 22.9 Å². The van der Waals surface area contributed by atoms with Crippen molar-refractivity contribution in [3.8, 4) is 0 Å². The van der Waals surface area contributed by atoms with Crippen LogP contribution in [0.25, 0.3) is 11.0 Å². The molecule has 74 valence electrons. The van der Waals surface area contributed by atoms with E-state index in [0.717, 1.165) is 16.7 Å². The van der Waals surface area contributed by atoms with Gasteiger partial charge in [-0.2, -0.15) is 0 Å². The highest BCUT2D eigenvalue weighted by atomic mass is 15.4. The first kappa shape index (κ1) is 8.99. The van der Waals surface area contributed by atoms with Crippen LogP contribution in [0.1, 0.15) is 20.8 Å². The van der Waals surface area contributed by atoms with Crippen LogP contribution in [0.5, 0.6) is 0 Å². The Hall–Kier alpha value is -1.58. The second-order valence-corrected chi connectivity index (χ2v) is 4.42. The van der Waals surface area contributed by atoms with E-state index >= 15 is 0 Å². The van der Waals surface area contributed by atoms with Crippen molar-refractivity contribution in [2.24, 2.45) is 0 Å². The first-order chi connectivity index (χ1) is 6.48. The lowest BCUT2D eigenvalue weighted by Crippen LogP contribution is -2.22. The molecule has 0 atom stereocenters. The van der Waals surface area contributed by atoms with Crippen molar-refractivity contribution in [1.82, 2.24) is 15.0 Å². The molecule has 0 bridgehead atoms. The lowest BCUT2D eigenvalue weighted by atomic mass is 10.1. The molecule has 0 aliphatic heterocycles. The summed E-state index contributed by atoms with van der Waals surface area (Å²) in [5, 5.41) is 8.20. The van der Waals surface area contributed by atoms with E-state index in [9.17, 15) is 0 Å². The Labute approximate surface area is 82.7 Å². The van der Waals surface area contributed by atoms with Gasteiger partial charge < -0.3 is 5.73 Å². The molecule has 0 fully saturated rings. The maximum atomic E-state index is 5.67. The standard InChI is InChI=1S/C10H14N4/c1-10(2,3)14-9-5-4-7(11)6-8(9)12-13-14/h4-6H,11H2,1-3H3. The van der Waals surface area contributed by atoms with Crippen molar-refractivity contribution in [2.45, 2.75) is 26.3 Å². The first-order valence-electron chi connectivity index (χ1n) is 4.60. The topological polar surface area (TPSA) is 56.7 Å². The molecule has 1 heterocycles. The molecule has 0 aliphatic rings. The van der Waals surface area contributed by atoms with Crippen LogP contribution in [0.15, 0.2) is 18.2 Å². The molecular weight excluding hydrogens is 176 g/mol. The van der Waals surface area contributed by atoms with E-state index in [1.54, 1.807) is 0 Å². The molecule has 0 unspecified atom stereocenters. The number of hydrogen-bond donors (Lipinski definition) is 1. The second-order valence-electron chi connectivity index (χ2n) is 4.42. The number of anilines is 1. The van der Waals surface area contributed by atoms with Gasteiger partial charge >= 0.3 is 0 Å². The number of nitrogens with zero attached hydrogens (tertiary/aromatic N) is 3. The molecule has 0 saturated carbocycles. The van der Waals surface area contributed by atoms with Gasteiger partial charge in [0, 0.05) is 5.69 Å². The summed E-state index contributed by atoms with van der Waals surface area (Å²) in [5.74, 6) is 0. The summed E-state index contributed by atoms with van der Waals surface area (Å²) in [4.78, 5) is 0. The molecule has 2 aromatic rings. The number of rotatable bonds is 0. The Morgan fingerprint density at radius 3 is 2.64 bits per heavy atom. The number of aromatic nitrogens is 3. The third kappa shape index (κ3) is 1.32. The van der Waals surface area contributed by atoms with Gasteiger partial charge in [0.05, 0.1) is 11.1 Å². The maximum Gasteiger partial charge on any atom is 0.115 e. The molecule has 4 heteroatoms. The van der Waals surface area contributed by atoms with Crippen molar-refractivity contribution >= 4 is 16.7 Å². The van der Waals surface area contributed by atoms with Crippen LogP contribution in [-0.2, 0) is 5.54 Å². The van der Waals surface area contributed by atoms with E-state index in [-0.39, 0.29) is 5.54 Å². The van der Waals surface area contributed by atoms with Gasteiger partial charge in [-0.15, -0.1) is 5.10 Å². The molecular formula is C10H14N4. The molecule has 1 aromatic heterocycles. The van der Waals surface area contributed by atoms with Gasteiger partial charge in [-0.05, 0) is 39.0 Å². The first-order valence-corrected chi connectivity index (χ1v) is 4.60. The van der Waals surface area contributed by atoms with Crippen molar-refractivity contribution in [3.63, 3.8) is 0 Å². The van der Waals surface area contributed by atoms with E-state index in [4.69, 9.17) is 5.73 Å². The quantitative estimate of drug-likeness (QED) is 0.644. The zero-order chi connectivity index (χ0) is 10.3. The van der Waals surface area contributed by atoms with Crippen LogP contribution in [-0.4, -0.2) is 15.0 Å². The Balaban J connectivity index is 2.70. The van der Waals surface area contributed by atoms with Crippen molar-refractivity contribution in [2.75, 3.05) is 5.73 Å². The SMILES string of the molecule is CC(C)(C)n1nnc2cc(N)ccc21. The number of nitrogens with two attached hydrogens (primary N) is 1. The monoisotopic (exact) mass is 190 g/mol. The molecule has 14 heavy (non-hydrogen) atoms. The zero-order valence-electron chi connectivity index (χ0n) is 8.65. The number of benzene rings is 1. The van der Waals surface area contributed by atoms with Gasteiger partial charge in [0.25, 0.3) is 0 Å². The Morgan fingerprint density at radius 1 is 1.29 bits per heavy atom. The number of hydrogen-bond acceptors (Lipinski definition) is 3. The molecule has 0 saturated heterocycles. The second kappa shape index (κ2) is 2.70. The fourth-order valence-corrected chi connectivity index (χ4v) is 1.44. The summed E-state index contributed by atoms with van der Waals surface area (Å²) >= 11 is 0. The average Bonchev–Trinajstić information content (AvgIpc) is 2.45. The number of nitrogen functional groups attached to an aromatic ring is 1. The Morgan fingerprint density at radius 2 is 2.00 bits per heavy atom. The minimum absolute atomic E-state index is 0.0507. The molecule has 2 rings (SSSR count).